The molecule has 0 amide bonds. The number of rotatable bonds is 4. The summed E-state index contributed by atoms with van der Waals surface area (Å²) in [6, 6.07) is 14.1. The van der Waals surface area contributed by atoms with E-state index in [-0.39, 0.29) is 11.5 Å². The number of benzene rings is 2. The Balaban J connectivity index is 2.08. The van der Waals surface area contributed by atoms with E-state index in [9.17, 15) is 14.3 Å². The number of nitrogens with zero attached hydrogens (tertiary/aromatic N) is 2. The van der Waals surface area contributed by atoms with Gasteiger partial charge in [0.25, 0.3) is 0 Å². The number of carbonyl (C=O) groups is 1. The Labute approximate surface area is 131 Å². The van der Waals surface area contributed by atoms with Crippen molar-refractivity contribution in [2.75, 3.05) is 7.11 Å². The average molecular weight is 312 g/mol. The number of halogens is 1. The summed E-state index contributed by atoms with van der Waals surface area (Å²) < 4.78 is 19.4. The van der Waals surface area contributed by atoms with Crippen LogP contribution in [-0.2, 0) is 0 Å². The zero-order valence-corrected chi connectivity index (χ0v) is 12.2. The predicted molar refractivity (Wildman–Crippen MR) is 82.5 cm³/mol. The van der Waals surface area contributed by atoms with Crippen molar-refractivity contribution < 1.29 is 19.0 Å². The molecule has 0 saturated carbocycles. The lowest BCUT2D eigenvalue weighted by atomic mass is 10.1. The normalized spacial score (nSPS) is 10.5. The second-order valence-corrected chi connectivity index (χ2v) is 4.84. The van der Waals surface area contributed by atoms with E-state index in [1.54, 1.807) is 43.5 Å². The molecule has 0 fully saturated rings. The number of aromatic carboxylic acids is 1. The molecule has 1 aromatic heterocycles. The molecular formula is C17H13FN2O3. The van der Waals surface area contributed by atoms with Crippen LogP contribution in [0.15, 0.2) is 54.6 Å². The van der Waals surface area contributed by atoms with Gasteiger partial charge in [0.05, 0.1) is 18.5 Å². The molecule has 0 saturated heterocycles. The van der Waals surface area contributed by atoms with Crippen LogP contribution in [0.25, 0.3) is 16.9 Å². The fraction of sp³-hybridized carbons (Fsp3) is 0.0588. The first-order chi connectivity index (χ1) is 11.1. The number of methoxy groups -OCH3 is 1. The third-order valence-corrected chi connectivity index (χ3v) is 3.39. The van der Waals surface area contributed by atoms with Crippen molar-refractivity contribution in [3.63, 3.8) is 0 Å². The molecule has 23 heavy (non-hydrogen) atoms. The summed E-state index contributed by atoms with van der Waals surface area (Å²) in [5.74, 6) is -0.792. The molecule has 1 N–H and O–H groups in total. The largest absolute Gasteiger partial charge is 0.497 e. The lowest BCUT2D eigenvalue weighted by Gasteiger charge is -2.05. The van der Waals surface area contributed by atoms with Crippen molar-refractivity contribution in [3.05, 3.63) is 66.1 Å². The van der Waals surface area contributed by atoms with Crippen molar-refractivity contribution in [1.29, 1.82) is 0 Å². The average Bonchev–Trinajstić information content (AvgIpc) is 3.01. The van der Waals surface area contributed by atoms with Crippen molar-refractivity contribution in [2.45, 2.75) is 0 Å². The maximum atomic E-state index is 13.0. The molecule has 0 aliphatic rings. The van der Waals surface area contributed by atoms with Crippen LogP contribution in [-0.4, -0.2) is 28.0 Å². The summed E-state index contributed by atoms with van der Waals surface area (Å²) in [4.78, 5) is 11.5. The van der Waals surface area contributed by atoms with Gasteiger partial charge < -0.3 is 9.84 Å². The quantitative estimate of drug-likeness (QED) is 0.802. The van der Waals surface area contributed by atoms with Gasteiger partial charge in [-0.2, -0.15) is 5.10 Å². The number of aromatic nitrogens is 2. The van der Waals surface area contributed by atoms with Gasteiger partial charge in [-0.3, -0.25) is 0 Å². The van der Waals surface area contributed by atoms with Crippen LogP contribution in [0.4, 0.5) is 4.39 Å². The molecule has 1 heterocycles. The first-order valence-corrected chi connectivity index (χ1v) is 6.82. The van der Waals surface area contributed by atoms with Gasteiger partial charge in [0.1, 0.15) is 11.6 Å². The Morgan fingerprint density at radius 1 is 1.13 bits per heavy atom. The third-order valence-electron chi connectivity index (χ3n) is 3.39. The van der Waals surface area contributed by atoms with E-state index in [0.717, 1.165) is 0 Å². The molecule has 3 aromatic rings. The summed E-state index contributed by atoms with van der Waals surface area (Å²) in [5.41, 5.74) is 1.71. The maximum absolute atomic E-state index is 13.0. The molecule has 0 bridgehead atoms. The summed E-state index contributed by atoms with van der Waals surface area (Å²) in [5, 5.41) is 13.7. The molecule has 2 aromatic carbocycles. The number of hydrogen-bond acceptors (Lipinski definition) is 3. The Hall–Kier alpha value is -3.15. The van der Waals surface area contributed by atoms with Gasteiger partial charge in [-0.1, -0.05) is 0 Å². The lowest BCUT2D eigenvalue weighted by Crippen LogP contribution is -2.07. The zero-order valence-electron chi connectivity index (χ0n) is 12.2. The first kappa shape index (κ1) is 14.8. The predicted octanol–water partition coefficient (Wildman–Crippen LogP) is 3.39. The monoisotopic (exact) mass is 312 g/mol. The second-order valence-electron chi connectivity index (χ2n) is 4.84. The Kier molecular flexibility index (Phi) is 3.80. The molecule has 6 heteroatoms. The van der Waals surface area contributed by atoms with Crippen molar-refractivity contribution >= 4 is 5.97 Å². The molecule has 0 unspecified atom stereocenters. The third kappa shape index (κ3) is 2.91. The minimum atomic E-state index is -1.10. The number of hydrogen-bond donors (Lipinski definition) is 1. The smallest absolute Gasteiger partial charge is 0.354 e. The molecule has 3 rings (SSSR count). The maximum Gasteiger partial charge on any atom is 0.354 e. The standard InChI is InChI=1S/C17H13FN2O3/c1-23-14-8-6-13(7-9-14)20-16(17(21)22)10-15(19-20)11-2-4-12(18)5-3-11/h2-10H,1H3,(H,21,22). The van der Waals surface area contributed by atoms with E-state index >= 15 is 0 Å². The molecule has 0 aliphatic heterocycles. The van der Waals surface area contributed by atoms with E-state index < -0.39 is 5.97 Å². The molecular weight excluding hydrogens is 299 g/mol. The van der Waals surface area contributed by atoms with Crippen LogP contribution in [0.1, 0.15) is 10.5 Å². The first-order valence-electron chi connectivity index (χ1n) is 6.82. The second kappa shape index (κ2) is 5.92. The minimum absolute atomic E-state index is 0.0227. The number of carboxylic acids is 1. The minimum Gasteiger partial charge on any atom is -0.497 e. The highest BCUT2D eigenvalue weighted by Crippen LogP contribution is 2.23. The number of ether oxygens (including phenoxy) is 1. The van der Waals surface area contributed by atoms with Gasteiger partial charge in [0.15, 0.2) is 5.69 Å². The van der Waals surface area contributed by atoms with Crippen molar-refractivity contribution in [3.8, 4) is 22.7 Å². The Bertz CT molecular complexity index is 839. The van der Waals surface area contributed by atoms with Gasteiger partial charge >= 0.3 is 5.97 Å². The summed E-state index contributed by atoms with van der Waals surface area (Å²) in [6.45, 7) is 0. The van der Waals surface area contributed by atoms with E-state index in [4.69, 9.17) is 4.74 Å². The van der Waals surface area contributed by atoms with Crippen LogP contribution < -0.4 is 4.74 Å². The molecule has 0 atom stereocenters. The molecule has 0 radical (unpaired) electrons. The molecule has 0 aliphatic carbocycles. The summed E-state index contributed by atoms with van der Waals surface area (Å²) in [7, 11) is 1.55. The highest BCUT2D eigenvalue weighted by atomic mass is 19.1. The van der Waals surface area contributed by atoms with Crippen LogP contribution in [0, 0.1) is 5.82 Å². The zero-order chi connectivity index (χ0) is 16.4. The van der Waals surface area contributed by atoms with Gasteiger partial charge in [0, 0.05) is 5.56 Å². The molecule has 5 nitrogen and oxygen atoms in total. The summed E-state index contributed by atoms with van der Waals surface area (Å²) >= 11 is 0. The van der Waals surface area contributed by atoms with Crippen molar-refractivity contribution in [1.82, 2.24) is 9.78 Å². The van der Waals surface area contributed by atoms with E-state index in [0.29, 0.717) is 22.7 Å². The SMILES string of the molecule is COc1ccc(-n2nc(-c3ccc(F)cc3)cc2C(=O)O)cc1. The van der Waals surface area contributed by atoms with E-state index in [1.165, 1.54) is 22.9 Å². The van der Waals surface area contributed by atoms with Crippen LogP contribution in [0.5, 0.6) is 5.75 Å². The highest BCUT2D eigenvalue weighted by molar-refractivity contribution is 5.88. The van der Waals surface area contributed by atoms with Crippen LogP contribution >= 0.6 is 0 Å². The van der Waals surface area contributed by atoms with Gasteiger partial charge in [-0.05, 0) is 54.6 Å². The molecule has 116 valence electrons. The Morgan fingerprint density at radius 3 is 2.35 bits per heavy atom. The van der Waals surface area contributed by atoms with Crippen LogP contribution in [0.2, 0.25) is 0 Å². The van der Waals surface area contributed by atoms with Crippen LogP contribution in [0.3, 0.4) is 0 Å². The fourth-order valence-corrected chi connectivity index (χ4v) is 2.22. The van der Waals surface area contributed by atoms with Gasteiger partial charge in [-0.15, -0.1) is 0 Å². The molecule has 0 spiro atoms. The topological polar surface area (TPSA) is 64.4 Å². The van der Waals surface area contributed by atoms with E-state index in [1.807, 2.05) is 0 Å². The van der Waals surface area contributed by atoms with Crippen molar-refractivity contribution in [2.24, 2.45) is 0 Å². The highest BCUT2D eigenvalue weighted by Gasteiger charge is 2.16. The van der Waals surface area contributed by atoms with E-state index in [2.05, 4.69) is 5.10 Å². The fourth-order valence-electron chi connectivity index (χ4n) is 2.22. The number of carboxylic acid groups (broad SMARTS) is 1. The van der Waals surface area contributed by atoms with Gasteiger partial charge in [0.2, 0.25) is 0 Å². The lowest BCUT2D eigenvalue weighted by molar-refractivity contribution is 0.0687. The van der Waals surface area contributed by atoms with Gasteiger partial charge in [-0.25, -0.2) is 13.9 Å². The summed E-state index contributed by atoms with van der Waals surface area (Å²) in [6.07, 6.45) is 0. The Morgan fingerprint density at radius 2 is 1.78 bits per heavy atom.